The van der Waals surface area contributed by atoms with Crippen molar-refractivity contribution in [2.24, 2.45) is 0 Å². The second-order valence-corrected chi connectivity index (χ2v) is 7.10. The number of hydrogen-bond acceptors (Lipinski definition) is 4. The number of amides is 2. The summed E-state index contributed by atoms with van der Waals surface area (Å²) in [6, 6.07) is 8.46. The molecule has 1 aromatic carbocycles. The first kappa shape index (κ1) is 15.9. The Labute approximate surface area is 139 Å². The average Bonchev–Trinajstić information content (AvgIpc) is 2.90. The fraction of sp³-hybridized carbons (Fsp3) is 0.471. The van der Waals surface area contributed by atoms with Crippen molar-refractivity contribution in [1.29, 1.82) is 0 Å². The largest absolute Gasteiger partial charge is 0.356 e. The highest BCUT2D eigenvalue weighted by molar-refractivity contribution is 7.18. The lowest BCUT2D eigenvalue weighted by Gasteiger charge is -2.34. The second-order valence-electron chi connectivity index (χ2n) is 6.04. The van der Waals surface area contributed by atoms with Crippen molar-refractivity contribution in [2.45, 2.75) is 44.6 Å². The van der Waals surface area contributed by atoms with Gasteiger partial charge in [0.2, 0.25) is 11.8 Å². The van der Waals surface area contributed by atoms with Gasteiger partial charge in [-0.2, -0.15) is 0 Å². The number of nitrogens with zero attached hydrogens (tertiary/aromatic N) is 1. The molecule has 6 heteroatoms. The monoisotopic (exact) mass is 331 g/mol. The van der Waals surface area contributed by atoms with Crippen LogP contribution in [0.3, 0.4) is 0 Å². The van der Waals surface area contributed by atoms with Crippen LogP contribution in [0, 0.1) is 0 Å². The fourth-order valence-electron chi connectivity index (χ4n) is 2.82. The summed E-state index contributed by atoms with van der Waals surface area (Å²) < 4.78 is 1.23. The lowest BCUT2D eigenvalue weighted by atomic mass is 9.80. The van der Waals surface area contributed by atoms with Gasteiger partial charge in [-0.05, 0) is 31.4 Å². The molecule has 0 saturated heterocycles. The van der Waals surface area contributed by atoms with Crippen molar-refractivity contribution in [3.63, 3.8) is 0 Å². The molecule has 2 aromatic rings. The van der Waals surface area contributed by atoms with Crippen molar-refractivity contribution < 1.29 is 9.59 Å². The summed E-state index contributed by atoms with van der Waals surface area (Å²) in [4.78, 5) is 27.3. The molecule has 0 radical (unpaired) electrons. The summed E-state index contributed by atoms with van der Waals surface area (Å²) in [6.45, 7) is 2.04. The van der Waals surface area contributed by atoms with E-state index in [2.05, 4.69) is 16.7 Å². The minimum absolute atomic E-state index is 0.0527. The number of carbonyl (C=O) groups excluding carboxylic acids is 2. The summed E-state index contributed by atoms with van der Waals surface area (Å²) in [5.74, 6) is 0.489. The van der Waals surface area contributed by atoms with Crippen molar-refractivity contribution in [3.05, 3.63) is 29.3 Å². The third-order valence-corrected chi connectivity index (χ3v) is 5.32. The summed E-state index contributed by atoms with van der Waals surface area (Å²) in [6.07, 6.45) is 3.08. The first-order valence-electron chi connectivity index (χ1n) is 8.01. The lowest BCUT2D eigenvalue weighted by molar-refractivity contribution is -0.123. The quantitative estimate of drug-likeness (QED) is 0.799. The zero-order valence-corrected chi connectivity index (χ0v) is 14.0. The minimum atomic E-state index is -0.0527. The van der Waals surface area contributed by atoms with E-state index in [0.29, 0.717) is 25.3 Å². The van der Waals surface area contributed by atoms with Gasteiger partial charge in [0.25, 0.3) is 0 Å². The number of carbonyl (C=O) groups is 2. The van der Waals surface area contributed by atoms with Crippen LogP contribution in [0.15, 0.2) is 24.3 Å². The highest BCUT2D eigenvalue weighted by atomic mass is 32.1. The zero-order valence-electron chi connectivity index (χ0n) is 13.2. The Morgan fingerprint density at radius 3 is 2.83 bits per heavy atom. The number of hydrogen-bond donors (Lipinski definition) is 2. The van der Waals surface area contributed by atoms with Crippen LogP contribution in [-0.2, 0) is 9.59 Å². The first-order chi connectivity index (χ1) is 11.1. The number of nitrogens with one attached hydrogen (secondary N) is 2. The van der Waals surface area contributed by atoms with Crippen LogP contribution in [0.2, 0.25) is 0 Å². The summed E-state index contributed by atoms with van der Waals surface area (Å²) in [7, 11) is 0. The third kappa shape index (κ3) is 4.07. The molecule has 0 spiro atoms. The van der Waals surface area contributed by atoms with Crippen molar-refractivity contribution >= 4 is 33.4 Å². The van der Waals surface area contributed by atoms with Gasteiger partial charge in [0.15, 0.2) is 0 Å². The smallest absolute Gasteiger partial charge is 0.220 e. The Morgan fingerprint density at radius 1 is 1.30 bits per heavy atom. The molecular formula is C17H21N3O2S. The number of para-hydroxylation sites is 1. The van der Waals surface area contributed by atoms with Gasteiger partial charge in [-0.15, -0.1) is 11.3 Å². The summed E-state index contributed by atoms with van der Waals surface area (Å²) in [5.41, 5.74) is 1.07. The summed E-state index contributed by atoms with van der Waals surface area (Å²) in [5, 5.41) is 6.94. The first-order valence-corrected chi connectivity index (χ1v) is 8.83. The number of benzene rings is 1. The van der Waals surface area contributed by atoms with Crippen LogP contribution < -0.4 is 10.6 Å². The number of rotatable bonds is 6. The molecule has 0 aliphatic heterocycles. The van der Waals surface area contributed by atoms with Crippen LogP contribution in [-0.4, -0.2) is 29.4 Å². The molecule has 1 heterocycles. The van der Waals surface area contributed by atoms with Crippen LogP contribution in [0.5, 0.6) is 0 Å². The Balaban J connectivity index is 1.40. The van der Waals surface area contributed by atoms with Crippen LogP contribution in [0.1, 0.15) is 43.5 Å². The number of fused-ring (bicyclic) bond motifs is 1. The number of thiazole rings is 1. The topological polar surface area (TPSA) is 71.1 Å². The molecule has 2 amide bonds. The molecule has 1 aliphatic rings. The van der Waals surface area contributed by atoms with Gasteiger partial charge in [0.05, 0.1) is 15.2 Å². The van der Waals surface area contributed by atoms with Crippen molar-refractivity contribution in [1.82, 2.24) is 15.6 Å². The van der Waals surface area contributed by atoms with Crippen LogP contribution in [0.25, 0.3) is 10.2 Å². The second kappa shape index (κ2) is 7.08. The average molecular weight is 331 g/mol. The van der Waals surface area contributed by atoms with Gasteiger partial charge < -0.3 is 10.6 Å². The van der Waals surface area contributed by atoms with Gasteiger partial charge in [0, 0.05) is 31.8 Å². The SMILES string of the molecule is CC(=O)NCCCC(=O)N[C@H]1C[C@@H](c2nc3ccccc3s2)C1. The maximum Gasteiger partial charge on any atom is 0.220 e. The summed E-state index contributed by atoms with van der Waals surface area (Å²) >= 11 is 1.76. The van der Waals surface area contributed by atoms with E-state index in [0.717, 1.165) is 18.4 Å². The van der Waals surface area contributed by atoms with E-state index in [-0.39, 0.29) is 17.9 Å². The minimum Gasteiger partial charge on any atom is -0.356 e. The molecule has 122 valence electrons. The molecule has 1 aromatic heterocycles. The predicted octanol–water partition coefficient (Wildman–Crippen LogP) is 2.57. The van der Waals surface area contributed by atoms with Gasteiger partial charge >= 0.3 is 0 Å². The number of aromatic nitrogens is 1. The van der Waals surface area contributed by atoms with Crippen molar-refractivity contribution in [3.8, 4) is 0 Å². The normalized spacial score (nSPS) is 20.0. The molecule has 0 bridgehead atoms. The van der Waals surface area contributed by atoms with Crippen LogP contribution >= 0.6 is 11.3 Å². The molecule has 0 unspecified atom stereocenters. The zero-order chi connectivity index (χ0) is 16.2. The molecule has 1 saturated carbocycles. The third-order valence-electron chi connectivity index (χ3n) is 4.12. The molecule has 0 atom stereocenters. The van der Waals surface area contributed by atoms with E-state index in [1.807, 2.05) is 18.2 Å². The van der Waals surface area contributed by atoms with E-state index in [4.69, 9.17) is 4.98 Å². The molecule has 1 aliphatic carbocycles. The van der Waals surface area contributed by atoms with E-state index in [9.17, 15) is 9.59 Å². The van der Waals surface area contributed by atoms with E-state index >= 15 is 0 Å². The molecule has 3 rings (SSSR count). The maximum absolute atomic E-state index is 11.8. The molecule has 2 N–H and O–H groups in total. The molecule has 5 nitrogen and oxygen atoms in total. The van der Waals surface area contributed by atoms with Gasteiger partial charge in [-0.25, -0.2) is 4.98 Å². The fourth-order valence-corrected chi connectivity index (χ4v) is 3.91. The van der Waals surface area contributed by atoms with Gasteiger partial charge in [-0.3, -0.25) is 9.59 Å². The Bertz CT molecular complexity index is 674. The van der Waals surface area contributed by atoms with Gasteiger partial charge in [-0.1, -0.05) is 12.1 Å². The van der Waals surface area contributed by atoms with Crippen molar-refractivity contribution in [2.75, 3.05) is 6.54 Å². The van der Waals surface area contributed by atoms with E-state index in [1.165, 1.54) is 16.6 Å². The lowest BCUT2D eigenvalue weighted by Crippen LogP contribution is -2.43. The Kier molecular flexibility index (Phi) is 4.91. The Morgan fingerprint density at radius 2 is 2.09 bits per heavy atom. The predicted molar refractivity (Wildman–Crippen MR) is 91.4 cm³/mol. The van der Waals surface area contributed by atoms with Crippen LogP contribution in [0.4, 0.5) is 0 Å². The van der Waals surface area contributed by atoms with E-state index < -0.39 is 0 Å². The van der Waals surface area contributed by atoms with Gasteiger partial charge in [0.1, 0.15) is 0 Å². The molecular weight excluding hydrogens is 310 g/mol. The molecule has 1 fully saturated rings. The maximum atomic E-state index is 11.8. The van der Waals surface area contributed by atoms with E-state index in [1.54, 1.807) is 11.3 Å². The highest BCUT2D eigenvalue weighted by Gasteiger charge is 2.33. The highest BCUT2D eigenvalue weighted by Crippen LogP contribution is 2.40. The molecule has 23 heavy (non-hydrogen) atoms. The standard InChI is InChI=1S/C17H21N3O2S/c1-11(21)18-8-4-7-16(22)19-13-9-12(10-13)17-20-14-5-2-3-6-15(14)23-17/h2-3,5-6,12-13H,4,7-10H2,1H3,(H,18,21)(H,19,22)/t12-,13+. The Hall–Kier alpha value is -1.95.